The van der Waals surface area contributed by atoms with Gasteiger partial charge in [-0.1, -0.05) is 11.6 Å². The Morgan fingerprint density at radius 3 is 3.12 bits per heavy atom. The molecule has 26 heavy (non-hydrogen) atoms. The van der Waals surface area contributed by atoms with E-state index in [-0.39, 0.29) is 18.6 Å². The highest BCUT2D eigenvalue weighted by Crippen LogP contribution is 2.21. The summed E-state index contributed by atoms with van der Waals surface area (Å²) in [4.78, 5) is 18.5. The van der Waals surface area contributed by atoms with Gasteiger partial charge in [0.2, 0.25) is 0 Å². The van der Waals surface area contributed by atoms with E-state index in [2.05, 4.69) is 20.4 Å². The van der Waals surface area contributed by atoms with Crippen molar-refractivity contribution in [3.63, 3.8) is 0 Å². The minimum Gasteiger partial charge on any atom is -0.488 e. The molecule has 8 nitrogen and oxygen atoms in total. The molecule has 1 fully saturated rings. The summed E-state index contributed by atoms with van der Waals surface area (Å²) < 4.78 is 11.4. The van der Waals surface area contributed by atoms with Crippen LogP contribution in [0.4, 0.5) is 0 Å². The first-order chi connectivity index (χ1) is 12.7. The lowest BCUT2D eigenvalue weighted by Gasteiger charge is -2.32. The lowest BCUT2D eigenvalue weighted by Crippen LogP contribution is -2.47. The lowest BCUT2D eigenvalue weighted by molar-refractivity contribution is -0.0401. The number of benzene rings is 1. The Balaban J connectivity index is 1.41. The summed E-state index contributed by atoms with van der Waals surface area (Å²) in [5.41, 5.74) is 1.96. The number of fused-ring (bicyclic) bond motifs is 1. The highest BCUT2D eigenvalue weighted by atomic mass is 35.5. The van der Waals surface area contributed by atoms with Gasteiger partial charge in [0.1, 0.15) is 23.7 Å². The summed E-state index contributed by atoms with van der Waals surface area (Å²) in [5, 5.41) is 10.9. The van der Waals surface area contributed by atoms with Crippen molar-refractivity contribution in [1.82, 2.24) is 25.3 Å². The number of nitrogens with one attached hydrogen (secondary N) is 1. The second-order valence-corrected chi connectivity index (χ2v) is 6.23. The maximum Gasteiger partial charge on any atom is 0.254 e. The molecule has 4 rings (SSSR count). The van der Waals surface area contributed by atoms with Gasteiger partial charge in [0.05, 0.1) is 13.2 Å². The predicted molar refractivity (Wildman–Crippen MR) is 94.3 cm³/mol. The van der Waals surface area contributed by atoms with Crippen LogP contribution in [0.25, 0.3) is 11.0 Å². The third-order valence-corrected chi connectivity index (χ3v) is 4.42. The number of nitrogens with zero attached hydrogens (tertiary/aromatic N) is 4. The van der Waals surface area contributed by atoms with Crippen molar-refractivity contribution in [2.24, 2.45) is 0 Å². The molecule has 1 aliphatic heterocycles. The van der Waals surface area contributed by atoms with E-state index in [1.165, 1.54) is 0 Å². The number of aromatic nitrogens is 4. The van der Waals surface area contributed by atoms with Crippen LogP contribution < -0.4 is 4.74 Å². The Labute approximate surface area is 154 Å². The van der Waals surface area contributed by atoms with Crippen molar-refractivity contribution in [2.45, 2.75) is 6.10 Å². The Bertz CT molecular complexity index is 931. The molecule has 134 valence electrons. The Hall–Kier alpha value is -2.71. The van der Waals surface area contributed by atoms with Crippen molar-refractivity contribution < 1.29 is 14.3 Å². The molecule has 2 aromatic heterocycles. The number of carbonyl (C=O) groups excluding carboxylic acids is 1. The number of hydrogen-bond donors (Lipinski definition) is 1. The molecule has 3 aromatic rings. The first-order valence-corrected chi connectivity index (χ1v) is 8.53. The molecule has 0 aliphatic carbocycles. The number of rotatable bonds is 4. The summed E-state index contributed by atoms with van der Waals surface area (Å²) in [6, 6.07) is 8.76. The number of amides is 1. The third kappa shape index (κ3) is 3.47. The van der Waals surface area contributed by atoms with Gasteiger partial charge in [0.15, 0.2) is 10.9 Å². The zero-order chi connectivity index (χ0) is 17.9. The maximum absolute atomic E-state index is 12.8. The fraction of sp³-hybridized carbons (Fsp3) is 0.294. The van der Waals surface area contributed by atoms with Gasteiger partial charge in [0.25, 0.3) is 5.91 Å². The second-order valence-electron chi connectivity index (χ2n) is 5.87. The van der Waals surface area contributed by atoms with Gasteiger partial charge < -0.3 is 14.4 Å². The molecule has 0 spiro atoms. The molecule has 1 atom stereocenters. The van der Waals surface area contributed by atoms with Gasteiger partial charge in [-0.2, -0.15) is 15.4 Å². The smallest absolute Gasteiger partial charge is 0.254 e. The number of hydrogen-bond acceptors (Lipinski definition) is 6. The molecule has 1 amide bonds. The molecular weight excluding hydrogens is 358 g/mol. The minimum atomic E-state index is -0.236. The summed E-state index contributed by atoms with van der Waals surface area (Å²) in [6.07, 6.45) is 1.36. The molecule has 9 heteroatoms. The summed E-state index contributed by atoms with van der Waals surface area (Å²) in [6.45, 7) is 1.71. The first kappa shape index (κ1) is 16.7. The highest BCUT2D eigenvalue weighted by molar-refractivity contribution is 6.30. The summed E-state index contributed by atoms with van der Waals surface area (Å²) >= 11 is 5.98. The van der Waals surface area contributed by atoms with E-state index >= 15 is 0 Å². The average Bonchev–Trinajstić information content (AvgIpc) is 3.15. The van der Waals surface area contributed by atoms with Crippen LogP contribution in [0, 0.1) is 0 Å². The molecule has 0 bridgehead atoms. The van der Waals surface area contributed by atoms with E-state index in [9.17, 15) is 4.79 Å². The van der Waals surface area contributed by atoms with E-state index in [1.54, 1.807) is 41.4 Å². The van der Waals surface area contributed by atoms with Crippen LogP contribution >= 0.6 is 11.6 Å². The van der Waals surface area contributed by atoms with Crippen LogP contribution in [0.1, 0.15) is 10.4 Å². The predicted octanol–water partition coefficient (Wildman–Crippen LogP) is 1.93. The van der Waals surface area contributed by atoms with E-state index in [1.807, 2.05) is 0 Å². The summed E-state index contributed by atoms with van der Waals surface area (Å²) in [5.74, 6) is 0.431. The zero-order valence-corrected chi connectivity index (χ0v) is 14.5. The molecule has 1 aromatic carbocycles. The van der Waals surface area contributed by atoms with Crippen LogP contribution in [-0.2, 0) is 4.74 Å². The van der Waals surface area contributed by atoms with Crippen molar-refractivity contribution in [2.75, 3.05) is 26.3 Å². The molecule has 0 saturated carbocycles. The van der Waals surface area contributed by atoms with Gasteiger partial charge in [-0.3, -0.25) is 4.79 Å². The quantitative estimate of drug-likeness (QED) is 0.702. The van der Waals surface area contributed by atoms with Crippen molar-refractivity contribution in [3.8, 4) is 5.75 Å². The first-order valence-electron chi connectivity index (χ1n) is 8.15. The standard InChI is InChI=1S/C17H16ClN5O3/c18-16-15(2-1-5-19-16)26-10-12-9-23(6-7-25-12)17(24)11-3-4-13-14(8-11)21-22-20-13/h1-5,8,12H,6-7,9-10H2,(H,20,21,22). The summed E-state index contributed by atoms with van der Waals surface area (Å²) in [7, 11) is 0. The number of pyridine rings is 1. The van der Waals surface area contributed by atoms with Gasteiger partial charge in [0, 0.05) is 18.3 Å². The molecule has 1 aliphatic rings. The van der Waals surface area contributed by atoms with Crippen molar-refractivity contribution in [3.05, 3.63) is 47.2 Å². The number of morpholine rings is 1. The van der Waals surface area contributed by atoms with Gasteiger partial charge >= 0.3 is 0 Å². The Kier molecular flexibility index (Phi) is 4.68. The lowest BCUT2D eigenvalue weighted by atomic mass is 10.1. The fourth-order valence-corrected chi connectivity index (χ4v) is 3.00. The van der Waals surface area contributed by atoms with Crippen LogP contribution in [-0.4, -0.2) is 63.6 Å². The fourth-order valence-electron chi connectivity index (χ4n) is 2.82. The van der Waals surface area contributed by atoms with E-state index in [0.29, 0.717) is 41.7 Å². The normalized spacial score (nSPS) is 17.4. The van der Waals surface area contributed by atoms with Crippen LogP contribution in [0.2, 0.25) is 5.15 Å². The van der Waals surface area contributed by atoms with Gasteiger partial charge in [-0.05, 0) is 30.3 Å². The zero-order valence-electron chi connectivity index (χ0n) is 13.8. The van der Waals surface area contributed by atoms with E-state index in [4.69, 9.17) is 21.1 Å². The second kappa shape index (κ2) is 7.27. The maximum atomic E-state index is 12.8. The van der Waals surface area contributed by atoms with Crippen LogP contribution in [0.3, 0.4) is 0 Å². The number of carbonyl (C=O) groups is 1. The van der Waals surface area contributed by atoms with E-state index in [0.717, 1.165) is 5.52 Å². The third-order valence-electron chi connectivity index (χ3n) is 4.14. The van der Waals surface area contributed by atoms with Gasteiger partial charge in [-0.25, -0.2) is 4.98 Å². The molecule has 1 N–H and O–H groups in total. The Morgan fingerprint density at radius 1 is 1.35 bits per heavy atom. The average molecular weight is 374 g/mol. The largest absolute Gasteiger partial charge is 0.488 e. The monoisotopic (exact) mass is 373 g/mol. The minimum absolute atomic E-state index is 0.0670. The molecule has 1 unspecified atom stereocenters. The molecule has 1 saturated heterocycles. The number of ether oxygens (including phenoxy) is 2. The van der Waals surface area contributed by atoms with Crippen LogP contribution in [0.5, 0.6) is 5.75 Å². The highest BCUT2D eigenvalue weighted by Gasteiger charge is 2.26. The van der Waals surface area contributed by atoms with Gasteiger partial charge in [-0.15, -0.1) is 0 Å². The van der Waals surface area contributed by atoms with E-state index < -0.39 is 0 Å². The van der Waals surface area contributed by atoms with Crippen molar-refractivity contribution in [1.29, 1.82) is 0 Å². The topological polar surface area (TPSA) is 93.2 Å². The number of aromatic amines is 1. The Morgan fingerprint density at radius 2 is 2.23 bits per heavy atom. The number of halogens is 1. The molecular formula is C17H16ClN5O3. The van der Waals surface area contributed by atoms with Crippen molar-refractivity contribution >= 4 is 28.5 Å². The van der Waals surface area contributed by atoms with Crippen LogP contribution in [0.15, 0.2) is 36.5 Å². The SMILES string of the molecule is O=C(c1ccc2n[nH]nc2c1)N1CCOC(COc2cccnc2Cl)C1. The molecule has 3 heterocycles. The number of H-pyrrole nitrogens is 1. The molecule has 0 radical (unpaired) electrons.